The Labute approximate surface area is 154 Å². The molecule has 1 aliphatic rings. The Bertz CT molecular complexity index is 767. The Morgan fingerprint density at radius 3 is 2.50 bits per heavy atom. The quantitative estimate of drug-likeness (QED) is 0.810. The molecule has 0 spiro atoms. The van der Waals surface area contributed by atoms with Crippen LogP contribution in [0.15, 0.2) is 41.8 Å². The number of amides is 2. The van der Waals surface area contributed by atoms with Gasteiger partial charge in [0, 0.05) is 18.8 Å². The fraction of sp³-hybridized carbons (Fsp3) is 0.278. The fourth-order valence-corrected chi connectivity index (χ4v) is 3.02. The summed E-state index contributed by atoms with van der Waals surface area (Å²) in [6.45, 7) is 1.72. The van der Waals surface area contributed by atoms with Gasteiger partial charge in [-0.05, 0) is 35.7 Å². The fourth-order valence-electron chi connectivity index (χ4n) is 2.40. The lowest BCUT2D eigenvalue weighted by molar-refractivity contribution is -0.138. The first-order chi connectivity index (χ1) is 12.6. The van der Waals surface area contributed by atoms with Crippen molar-refractivity contribution in [2.75, 3.05) is 38.2 Å². The Morgan fingerprint density at radius 1 is 1.12 bits per heavy atom. The first kappa shape index (κ1) is 18.1. The van der Waals surface area contributed by atoms with Crippen LogP contribution in [0.5, 0.6) is 0 Å². The summed E-state index contributed by atoms with van der Waals surface area (Å²) in [5.41, 5.74) is 0.887. The van der Waals surface area contributed by atoms with Crippen molar-refractivity contribution in [3.05, 3.63) is 52.2 Å². The van der Waals surface area contributed by atoms with E-state index in [-0.39, 0.29) is 18.4 Å². The third kappa shape index (κ3) is 4.68. The molecule has 2 aromatic rings. The maximum atomic E-state index is 12.0. The van der Waals surface area contributed by atoms with Crippen molar-refractivity contribution < 1.29 is 23.9 Å². The summed E-state index contributed by atoms with van der Waals surface area (Å²) >= 11 is 1.35. The van der Waals surface area contributed by atoms with Crippen LogP contribution in [0, 0.1) is 0 Å². The van der Waals surface area contributed by atoms with Crippen molar-refractivity contribution in [3.63, 3.8) is 0 Å². The second-order valence-corrected chi connectivity index (χ2v) is 6.53. The molecule has 2 heterocycles. The lowest BCUT2D eigenvalue weighted by Crippen LogP contribution is -2.42. The zero-order valence-electron chi connectivity index (χ0n) is 14.0. The first-order valence-corrected chi connectivity index (χ1v) is 8.99. The summed E-state index contributed by atoms with van der Waals surface area (Å²) in [6.07, 6.45) is 0. The highest BCUT2D eigenvalue weighted by molar-refractivity contribution is 7.12. The Morgan fingerprint density at radius 2 is 1.85 bits per heavy atom. The van der Waals surface area contributed by atoms with Crippen LogP contribution >= 0.6 is 11.3 Å². The third-order valence-electron chi connectivity index (χ3n) is 3.81. The van der Waals surface area contributed by atoms with E-state index in [0.29, 0.717) is 42.4 Å². The molecular formula is C18H18N2O5S. The number of rotatable bonds is 5. The molecule has 0 bridgehead atoms. The lowest BCUT2D eigenvalue weighted by atomic mass is 10.2. The highest BCUT2D eigenvalue weighted by Crippen LogP contribution is 2.14. The number of morpholine rings is 1. The van der Waals surface area contributed by atoms with Gasteiger partial charge >= 0.3 is 5.97 Å². The number of benzene rings is 1. The largest absolute Gasteiger partial charge is 0.452 e. The monoisotopic (exact) mass is 374 g/mol. The lowest BCUT2D eigenvalue weighted by Gasteiger charge is -2.26. The van der Waals surface area contributed by atoms with Crippen LogP contribution in [0.4, 0.5) is 5.69 Å². The third-order valence-corrected chi connectivity index (χ3v) is 4.68. The minimum atomic E-state index is -0.581. The standard InChI is InChI=1S/C18H18N2O5S/c21-16(20-7-9-24-10-8-20)12-25-18(23)13-3-5-14(6-4-13)19-17(22)15-2-1-11-26-15/h1-6,11H,7-10,12H2,(H,19,22). The normalized spacial score (nSPS) is 13.9. The Balaban J connectivity index is 1.50. The number of nitrogens with zero attached hydrogens (tertiary/aromatic N) is 1. The maximum Gasteiger partial charge on any atom is 0.338 e. The van der Waals surface area contributed by atoms with E-state index in [1.54, 1.807) is 41.3 Å². The molecule has 0 saturated carbocycles. The van der Waals surface area contributed by atoms with E-state index < -0.39 is 5.97 Å². The molecule has 1 N–H and O–H groups in total. The molecule has 0 unspecified atom stereocenters. The molecule has 2 amide bonds. The molecule has 136 valence electrons. The number of anilines is 1. The summed E-state index contributed by atoms with van der Waals surface area (Å²) in [6, 6.07) is 9.86. The van der Waals surface area contributed by atoms with Crippen molar-refractivity contribution >= 4 is 34.8 Å². The number of carbonyl (C=O) groups excluding carboxylic acids is 3. The second-order valence-electron chi connectivity index (χ2n) is 5.58. The number of nitrogens with one attached hydrogen (secondary N) is 1. The van der Waals surface area contributed by atoms with E-state index in [1.807, 2.05) is 5.38 Å². The molecule has 0 atom stereocenters. The highest BCUT2D eigenvalue weighted by Gasteiger charge is 2.18. The van der Waals surface area contributed by atoms with Gasteiger partial charge in [0.25, 0.3) is 11.8 Å². The summed E-state index contributed by atoms with van der Waals surface area (Å²) in [5.74, 6) is -1.02. The molecule has 1 aromatic carbocycles. The van der Waals surface area contributed by atoms with Crippen LogP contribution in [-0.2, 0) is 14.3 Å². The molecular weight excluding hydrogens is 356 g/mol. The van der Waals surface area contributed by atoms with Gasteiger partial charge in [0.15, 0.2) is 6.61 Å². The molecule has 1 saturated heterocycles. The minimum Gasteiger partial charge on any atom is -0.452 e. The zero-order valence-corrected chi connectivity index (χ0v) is 14.8. The van der Waals surface area contributed by atoms with E-state index >= 15 is 0 Å². The first-order valence-electron chi connectivity index (χ1n) is 8.11. The molecule has 0 aliphatic carbocycles. The topological polar surface area (TPSA) is 84.9 Å². The van der Waals surface area contributed by atoms with Gasteiger partial charge in [-0.1, -0.05) is 6.07 Å². The minimum absolute atomic E-state index is 0.202. The van der Waals surface area contributed by atoms with E-state index in [9.17, 15) is 14.4 Å². The van der Waals surface area contributed by atoms with Crippen LogP contribution in [0.3, 0.4) is 0 Å². The van der Waals surface area contributed by atoms with Crippen LogP contribution in [0.1, 0.15) is 20.0 Å². The number of hydrogen-bond acceptors (Lipinski definition) is 6. The van der Waals surface area contributed by atoms with Gasteiger partial charge in [-0.2, -0.15) is 0 Å². The van der Waals surface area contributed by atoms with E-state index in [2.05, 4.69) is 5.32 Å². The Hall–Kier alpha value is -2.71. The summed E-state index contributed by atoms with van der Waals surface area (Å²) in [5, 5.41) is 4.58. The zero-order chi connectivity index (χ0) is 18.4. The van der Waals surface area contributed by atoms with Crippen LogP contribution in [0.25, 0.3) is 0 Å². The number of esters is 1. The summed E-state index contributed by atoms with van der Waals surface area (Å²) in [4.78, 5) is 38.2. The molecule has 8 heteroatoms. The molecule has 1 fully saturated rings. The van der Waals surface area contributed by atoms with Crippen LogP contribution < -0.4 is 5.32 Å². The molecule has 3 rings (SSSR count). The van der Waals surface area contributed by atoms with Gasteiger partial charge < -0.3 is 19.7 Å². The van der Waals surface area contributed by atoms with E-state index in [4.69, 9.17) is 9.47 Å². The molecule has 26 heavy (non-hydrogen) atoms. The van der Waals surface area contributed by atoms with Gasteiger partial charge in [0.1, 0.15) is 0 Å². The van der Waals surface area contributed by atoms with Crippen molar-refractivity contribution in [1.82, 2.24) is 4.90 Å². The average molecular weight is 374 g/mol. The maximum absolute atomic E-state index is 12.0. The van der Waals surface area contributed by atoms with Gasteiger partial charge in [-0.25, -0.2) is 4.79 Å². The second kappa shape index (κ2) is 8.59. The van der Waals surface area contributed by atoms with Gasteiger partial charge in [0.2, 0.25) is 0 Å². The SMILES string of the molecule is O=C(OCC(=O)N1CCOCC1)c1ccc(NC(=O)c2cccs2)cc1. The number of hydrogen-bond donors (Lipinski definition) is 1. The predicted octanol–water partition coefficient (Wildman–Crippen LogP) is 2.02. The number of thiophene rings is 1. The average Bonchev–Trinajstić information content (AvgIpc) is 3.22. The van der Waals surface area contributed by atoms with Crippen LogP contribution in [-0.4, -0.2) is 55.6 Å². The number of ether oxygens (including phenoxy) is 2. The number of carbonyl (C=O) groups is 3. The predicted molar refractivity (Wildman–Crippen MR) is 96.4 cm³/mol. The van der Waals surface area contributed by atoms with Gasteiger partial charge in [0.05, 0.1) is 23.7 Å². The molecule has 0 radical (unpaired) electrons. The van der Waals surface area contributed by atoms with Crippen molar-refractivity contribution in [3.8, 4) is 0 Å². The van der Waals surface area contributed by atoms with Gasteiger partial charge in [-0.15, -0.1) is 11.3 Å². The molecule has 1 aromatic heterocycles. The van der Waals surface area contributed by atoms with E-state index in [0.717, 1.165) is 0 Å². The summed E-state index contributed by atoms with van der Waals surface area (Å²) in [7, 11) is 0. The van der Waals surface area contributed by atoms with Crippen LogP contribution in [0.2, 0.25) is 0 Å². The Kier molecular flexibility index (Phi) is 5.98. The van der Waals surface area contributed by atoms with Crippen molar-refractivity contribution in [1.29, 1.82) is 0 Å². The van der Waals surface area contributed by atoms with E-state index in [1.165, 1.54) is 11.3 Å². The molecule has 1 aliphatic heterocycles. The summed E-state index contributed by atoms with van der Waals surface area (Å²) < 4.78 is 10.2. The smallest absolute Gasteiger partial charge is 0.338 e. The highest BCUT2D eigenvalue weighted by atomic mass is 32.1. The van der Waals surface area contributed by atoms with Crippen molar-refractivity contribution in [2.45, 2.75) is 0 Å². The molecule has 7 nitrogen and oxygen atoms in total. The van der Waals surface area contributed by atoms with Crippen molar-refractivity contribution in [2.24, 2.45) is 0 Å². The van der Waals surface area contributed by atoms with Gasteiger partial charge in [-0.3, -0.25) is 9.59 Å².